The van der Waals surface area contributed by atoms with Crippen LogP contribution in [0.25, 0.3) is 11.1 Å². The Labute approximate surface area is 311 Å². The molecule has 52 heavy (non-hydrogen) atoms. The number of hydrogen-bond donors (Lipinski definition) is 1. The van der Waals surface area contributed by atoms with E-state index in [1.165, 1.54) is 44.5 Å². The lowest BCUT2D eigenvalue weighted by Gasteiger charge is -2.27. The van der Waals surface area contributed by atoms with E-state index >= 15 is 0 Å². The maximum absolute atomic E-state index is 13.9. The second-order valence-electron chi connectivity index (χ2n) is 13.5. The third kappa shape index (κ3) is 10.9. The van der Waals surface area contributed by atoms with Crippen molar-refractivity contribution in [3.8, 4) is 28.4 Å². The van der Waals surface area contributed by atoms with E-state index in [0.29, 0.717) is 41.8 Å². The molecule has 0 spiro atoms. The third-order valence-electron chi connectivity index (χ3n) is 9.75. The fraction of sp³-hybridized carbons (Fsp3) is 0.405. The van der Waals surface area contributed by atoms with Crippen molar-refractivity contribution in [3.63, 3.8) is 0 Å². The number of benzene rings is 4. The van der Waals surface area contributed by atoms with Crippen LogP contribution in [0, 0.1) is 25.5 Å². The van der Waals surface area contributed by atoms with Gasteiger partial charge in [0, 0.05) is 30.8 Å². The van der Waals surface area contributed by atoms with Gasteiger partial charge >= 0.3 is 0 Å². The summed E-state index contributed by atoms with van der Waals surface area (Å²) in [5.41, 5.74) is 6.90. The highest BCUT2D eigenvalue weighted by molar-refractivity contribution is 6.32. The Balaban J connectivity index is 0.00000168. The first kappa shape index (κ1) is 39.0. The van der Waals surface area contributed by atoms with Crippen LogP contribution in [0.3, 0.4) is 0 Å². The average molecular weight is 735 g/mol. The molecule has 2 aliphatic heterocycles. The molecule has 0 radical (unpaired) electrons. The van der Waals surface area contributed by atoms with Gasteiger partial charge in [-0.05, 0) is 130 Å². The lowest BCUT2D eigenvalue weighted by atomic mass is 9.93. The van der Waals surface area contributed by atoms with Crippen molar-refractivity contribution in [2.24, 2.45) is 0 Å². The number of halogens is 3. The van der Waals surface area contributed by atoms with Crippen LogP contribution in [0.5, 0.6) is 17.2 Å². The van der Waals surface area contributed by atoms with Gasteiger partial charge in [-0.1, -0.05) is 48.4 Å². The average Bonchev–Trinajstić information content (AvgIpc) is 3.65. The van der Waals surface area contributed by atoms with E-state index in [1.807, 2.05) is 12.1 Å². The van der Waals surface area contributed by atoms with E-state index in [0.717, 1.165) is 84.1 Å². The predicted molar refractivity (Wildman–Crippen MR) is 201 cm³/mol. The normalized spacial score (nSPS) is 14.8. The Kier molecular flexibility index (Phi) is 14.7. The molecule has 1 N–H and O–H groups in total. The summed E-state index contributed by atoms with van der Waals surface area (Å²) in [7, 11) is 0. The van der Waals surface area contributed by atoms with Crippen molar-refractivity contribution in [2.45, 2.75) is 72.1 Å². The van der Waals surface area contributed by atoms with Gasteiger partial charge in [-0.2, -0.15) is 0 Å². The molecule has 0 amide bonds. The molecular weight excluding hydrogens is 686 g/mol. The SMILES string of the molecule is Cc1c(COc2cc(OCc3cc(F)cc(F)c3)c(CN3CCCCC3)cc2Cl)cccc1-c1cccc(OCCCN2CCCC2)c1C.O=CO. The molecule has 6 rings (SSSR count). The largest absolute Gasteiger partial charge is 0.493 e. The lowest BCUT2D eigenvalue weighted by Crippen LogP contribution is -2.29. The molecule has 4 aromatic carbocycles. The maximum Gasteiger partial charge on any atom is 0.290 e. The van der Waals surface area contributed by atoms with Crippen molar-refractivity contribution < 1.29 is 32.9 Å². The maximum atomic E-state index is 13.9. The van der Waals surface area contributed by atoms with Gasteiger partial charge in [0.2, 0.25) is 0 Å². The van der Waals surface area contributed by atoms with Gasteiger partial charge in [-0.15, -0.1) is 0 Å². The summed E-state index contributed by atoms with van der Waals surface area (Å²) in [4.78, 5) is 13.3. The first-order valence-electron chi connectivity index (χ1n) is 18.1. The zero-order valence-electron chi connectivity index (χ0n) is 30.1. The molecule has 0 aromatic heterocycles. The van der Waals surface area contributed by atoms with Crippen molar-refractivity contribution >= 4 is 18.1 Å². The number of carbonyl (C=O) groups is 1. The number of likely N-dealkylation sites (tertiary alicyclic amines) is 2. The summed E-state index contributed by atoms with van der Waals surface area (Å²) in [6, 6.07) is 19.7. The fourth-order valence-electron chi connectivity index (χ4n) is 6.98. The Hall–Kier alpha value is -4.18. The van der Waals surface area contributed by atoms with Crippen LogP contribution in [0.15, 0.2) is 66.7 Å². The van der Waals surface area contributed by atoms with Crippen molar-refractivity contribution in [1.82, 2.24) is 9.80 Å². The van der Waals surface area contributed by atoms with Gasteiger partial charge in [0.1, 0.15) is 42.1 Å². The van der Waals surface area contributed by atoms with Crippen LogP contribution >= 0.6 is 11.6 Å². The Morgan fingerprint density at radius 3 is 2.04 bits per heavy atom. The lowest BCUT2D eigenvalue weighted by molar-refractivity contribution is -0.122. The van der Waals surface area contributed by atoms with Gasteiger partial charge in [0.15, 0.2) is 0 Å². The summed E-state index contributed by atoms with van der Waals surface area (Å²) in [6.45, 7) is 11.2. The van der Waals surface area contributed by atoms with E-state index in [2.05, 4.69) is 60.0 Å². The summed E-state index contributed by atoms with van der Waals surface area (Å²) < 4.78 is 46.6. The highest BCUT2D eigenvalue weighted by Gasteiger charge is 2.18. The van der Waals surface area contributed by atoms with Crippen molar-refractivity contribution in [3.05, 3.63) is 111 Å². The highest BCUT2D eigenvalue weighted by atomic mass is 35.5. The summed E-state index contributed by atoms with van der Waals surface area (Å²) >= 11 is 6.82. The molecule has 278 valence electrons. The number of carboxylic acid groups (broad SMARTS) is 1. The zero-order valence-corrected chi connectivity index (χ0v) is 30.9. The second kappa shape index (κ2) is 19.6. The zero-order chi connectivity index (χ0) is 36.9. The number of ether oxygens (including phenoxy) is 3. The summed E-state index contributed by atoms with van der Waals surface area (Å²) in [5, 5.41) is 7.38. The van der Waals surface area contributed by atoms with Gasteiger partial charge in [0.05, 0.1) is 11.6 Å². The fourth-order valence-corrected chi connectivity index (χ4v) is 7.23. The smallest absolute Gasteiger partial charge is 0.290 e. The van der Waals surface area contributed by atoms with Crippen LogP contribution in [-0.2, 0) is 24.6 Å². The van der Waals surface area contributed by atoms with Gasteiger partial charge in [-0.25, -0.2) is 8.78 Å². The summed E-state index contributed by atoms with van der Waals surface area (Å²) in [6.07, 6.45) is 7.18. The monoisotopic (exact) mass is 734 g/mol. The molecule has 10 heteroatoms. The Morgan fingerprint density at radius 1 is 0.712 bits per heavy atom. The molecule has 0 aliphatic carbocycles. The minimum absolute atomic E-state index is 0.0183. The minimum atomic E-state index is -0.632. The third-order valence-corrected chi connectivity index (χ3v) is 10.0. The summed E-state index contributed by atoms with van der Waals surface area (Å²) in [5.74, 6) is 0.743. The molecule has 7 nitrogen and oxygen atoms in total. The van der Waals surface area contributed by atoms with E-state index in [-0.39, 0.29) is 13.1 Å². The van der Waals surface area contributed by atoms with Gasteiger partial charge < -0.3 is 24.2 Å². The quantitative estimate of drug-likeness (QED) is 0.102. The van der Waals surface area contributed by atoms with Crippen LogP contribution < -0.4 is 14.2 Å². The van der Waals surface area contributed by atoms with E-state index in [1.54, 1.807) is 0 Å². The molecule has 4 aromatic rings. The van der Waals surface area contributed by atoms with E-state index in [9.17, 15) is 8.78 Å². The number of rotatable bonds is 14. The Bertz CT molecular complexity index is 1760. The number of piperidine rings is 1. The standard InChI is InChI=1S/C41H47ClF2N2O3.CH2O2/c1-29-32(11-8-12-36(29)37-13-9-14-39(30(37)2)47-20-10-19-45-15-6-7-16-45)28-49-41-25-40(48-27-31-21-34(43)24-35(44)22-31)33(23-38(41)42)26-46-17-4-3-5-18-46;2-1-3/h8-9,11-14,21-25H,3-7,10,15-20,26-28H2,1-2H3;1H,(H,2,3). The number of hydrogen-bond acceptors (Lipinski definition) is 6. The molecule has 2 saturated heterocycles. The van der Waals surface area contributed by atoms with Crippen molar-refractivity contribution in [2.75, 3.05) is 39.3 Å². The van der Waals surface area contributed by atoms with Gasteiger partial charge in [-0.3, -0.25) is 9.69 Å². The molecule has 0 unspecified atom stereocenters. The minimum Gasteiger partial charge on any atom is -0.493 e. The van der Waals surface area contributed by atoms with Crippen LogP contribution in [-0.4, -0.2) is 60.7 Å². The van der Waals surface area contributed by atoms with Crippen LogP contribution in [0.1, 0.15) is 66.3 Å². The molecule has 0 atom stereocenters. The van der Waals surface area contributed by atoms with Crippen molar-refractivity contribution in [1.29, 1.82) is 0 Å². The van der Waals surface area contributed by atoms with E-state index in [4.69, 9.17) is 35.7 Å². The first-order chi connectivity index (χ1) is 25.2. The molecule has 2 heterocycles. The molecular formula is C42H49ClF2N2O5. The first-order valence-corrected chi connectivity index (χ1v) is 18.5. The second-order valence-corrected chi connectivity index (χ2v) is 13.9. The molecule has 2 aliphatic rings. The molecule has 0 bridgehead atoms. The highest BCUT2D eigenvalue weighted by Crippen LogP contribution is 2.37. The molecule has 2 fully saturated rings. The number of nitrogens with zero attached hydrogens (tertiary/aromatic N) is 2. The topological polar surface area (TPSA) is 71.5 Å². The molecule has 0 saturated carbocycles. The van der Waals surface area contributed by atoms with E-state index < -0.39 is 11.6 Å². The van der Waals surface area contributed by atoms with Crippen LogP contribution in [0.2, 0.25) is 5.02 Å². The van der Waals surface area contributed by atoms with Gasteiger partial charge in [0.25, 0.3) is 6.47 Å². The Morgan fingerprint density at radius 2 is 1.33 bits per heavy atom. The predicted octanol–water partition coefficient (Wildman–Crippen LogP) is 9.61. The van der Waals surface area contributed by atoms with Crippen LogP contribution in [0.4, 0.5) is 8.78 Å².